The number of hydrogen-bond acceptors (Lipinski definition) is 3. The molecule has 0 aliphatic carbocycles. The van der Waals surface area contributed by atoms with Gasteiger partial charge < -0.3 is 5.32 Å². The van der Waals surface area contributed by atoms with Crippen LogP contribution in [0.3, 0.4) is 0 Å². The molecule has 0 atom stereocenters. The minimum atomic E-state index is -3.50. The maximum atomic E-state index is 13.3. The van der Waals surface area contributed by atoms with E-state index in [0.717, 1.165) is 6.07 Å². The van der Waals surface area contributed by atoms with Crippen molar-refractivity contribution in [2.75, 3.05) is 16.8 Å². The van der Waals surface area contributed by atoms with Crippen molar-refractivity contribution in [1.82, 2.24) is 0 Å². The van der Waals surface area contributed by atoms with Crippen molar-refractivity contribution in [3.05, 3.63) is 28.2 Å². The summed E-state index contributed by atoms with van der Waals surface area (Å²) in [4.78, 5) is 11.5. The molecule has 0 heterocycles. The Kier molecular flexibility index (Phi) is 5.42. The number of halogens is 3. The number of nitrogens with one attached hydrogen (secondary N) is 1. The minimum Gasteiger partial charge on any atom is -0.323 e. The maximum Gasteiger partial charge on any atom is 0.239 e. The molecule has 19 heavy (non-hydrogen) atoms. The highest BCUT2D eigenvalue weighted by Gasteiger charge is 2.17. The average molecular weight is 356 g/mol. The topological polar surface area (TPSA) is 63.2 Å². The Labute approximate surface area is 118 Å². The summed E-state index contributed by atoms with van der Waals surface area (Å²) in [6.07, 6.45) is 0.395. The number of rotatable bonds is 5. The molecule has 8 heteroatoms. The van der Waals surface area contributed by atoms with Gasteiger partial charge in [-0.15, -0.1) is 0 Å². The lowest BCUT2D eigenvalue weighted by Gasteiger charge is -2.08. The molecule has 0 spiro atoms. The third-order valence-corrected chi connectivity index (χ3v) is 4.49. The van der Waals surface area contributed by atoms with Crippen LogP contribution in [0.2, 0.25) is 0 Å². The molecule has 0 aliphatic heterocycles. The molecule has 106 valence electrons. The van der Waals surface area contributed by atoms with Crippen molar-refractivity contribution < 1.29 is 22.0 Å². The highest BCUT2D eigenvalue weighted by molar-refractivity contribution is 9.10. The smallest absolute Gasteiger partial charge is 0.239 e. The molecule has 0 bridgehead atoms. The first kappa shape index (κ1) is 16.0. The molecule has 1 aromatic carbocycles. The third kappa shape index (κ3) is 4.87. The number of carbonyl (C=O) groups excluding carboxylic acids is 1. The van der Waals surface area contributed by atoms with Crippen LogP contribution in [-0.4, -0.2) is 25.8 Å². The Morgan fingerprint density at radius 2 is 1.95 bits per heavy atom. The van der Waals surface area contributed by atoms with E-state index in [4.69, 9.17) is 0 Å². The van der Waals surface area contributed by atoms with E-state index < -0.39 is 33.1 Å². The number of amides is 1. The summed E-state index contributed by atoms with van der Waals surface area (Å²) in [7, 11) is -3.50. The summed E-state index contributed by atoms with van der Waals surface area (Å²) in [5.41, 5.74) is -0.273. The van der Waals surface area contributed by atoms with Gasteiger partial charge in [0.05, 0.1) is 15.9 Å². The van der Waals surface area contributed by atoms with Gasteiger partial charge >= 0.3 is 0 Å². The van der Waals surface area contributed by atoms with Crippen molar-refractivity contribution in [1.29, 1.82) is 0 Å². The summed E-state index contributed by atoms with van der Waals surface area (Å²) in [5, 5.41) is 2.10. The number of hydrogen-bond donors (Lipinski definition) is 1. The van der Waals surface area contributed by atoms with Crippen molar-refractivity contribution >= 4 is 37.4 Å². The highest BCUT2D eigenvalue weighted by Crippen LogP contribution is 2.23. The van der Waals surface area contributed by atoms with Crippen molar-refractivity contribution in [2.45, 2.75) is 13.3 Å². The predicted molar refractivity (Wildman–Crippen MR) is 71.6 cm³/mol. The molecule has 1 N–H and O–H groups in total. The van der Waals surface area contributed by atoms with Crippen LogP contribution < -0.4 is 5.32 Å². The van der Waals surface area contributed by atoms with Gasteiger partial charge in [-0.1, -0.05) is 6.92 Å². The normalized spacial score (nSPS) is 11.4. The predicted octanol–water partition coefficient (Wildman–Crippen LogP) is 2.49. The highest BCUT2D eigenvalue weighted by atomic mass is 79.9. The second-order valence-corrected chi connectivity index (χ2v) is 6.92. The molecule has 4 nitrogen and oxygen atoms in total. The molecule has 1 rings (SSSR count). The zero-order valence-corrected chi connectivity index (χ0v) is 12.4. The Hall–Kier alpha value is -1.02. The molecular formula is C11H12BrF2NO3S. The van der Waals surface area contributed by atoms with Gasteiger partial charge in [0.2, 0.25) is 5.91 Å². The van der Waals surface area contributed by atoms with E-state index in [1.54, 1.807) is 6.92 Å². The molecule has 0 unspecified atom stereocenters. The SMILES string of the molecule is CCCS(=O)(=O)CC(=O)Nc1cc(Br)c(F)cc1F. The van der Waals surface area contributed by atoms with E-state index in [2.05, 4.69) is 21.2 Å². The molecular weight excluding hydrogens is 344 g/mol. The van der Waals surface area contributed by atoms with Gasteiger partial charge in [-0.3, -0.25) is 4.79 Å². The summed E-state index contributed by atoms with van der Waals surface area (Å²) in [6, 6.07) is 1.63. The molecule has 0 saturated carbocycles. The van der Waals surface area contributed by atoms with Gasteiger partial charge in [-0.2, -0.15) is 0 Å². The third-order valence-electron chi connectivity index (χ3n) is 2.15. The van der Waals surface area contributed by atoms with Gasteiger partial charge in [0, 0.05) is 6.07 Å². The summed E-state index contributed by atoms with van der Waals surface area (Å²) >= 11 is 2.85. The fourth-order valence-corrected chi connectivity index (χ4v) is 2.97. The van der Waals surface area contributed by atoms with Gasteiger partial charge in [0.1, 0.15) is 17.4 Å². The molecule has 1 aromatic rings. The number of carbonyl (C=O) groups is 1. The minimum absolute atomic E-state index is 0.0272. The first-order valence-corrected chi connectivity index (χ1v) is 8.01. The van der Waals surface area contributed by atoms with Gasteiger partial charge in [-0.25, -0.2) is 17.2 Å². The summed E-state index contributed by atoms with van der Waals surface area (Å²) in [6.45, 7) is 1.67. The van der Waals surface area contributed by atoms with Crippen LogP contribution in [0.25, 0.3) is 0 Å². The Bertz CT molecular complexity index is 590. The lowest BCUT2D eigenvalue weighted by Crippen LogP contribution is -2.25. The van der Waals surface area contributed by atoms with Crippen LogP contribution in [0, 0.1) is 11.6 Å². The maximum absolute atomic E-state index is 13.3. The van der Waals surface area contributed by atoms with Crippen LogP contribution in [0.5, 0.6) is 0 Å². The van der Waals surface area contributed by atoms with Crippen LogP contribution in [-0.2, 0) is 14.6 Å². The second-order valence-electron chi connectivity index (χ2n) is 3.89. The lowest BCUT2D eigenvalue weighted by atomic mass is 10.3. The zero-order valence-electron chi connectivity index (χ0n) is 10.0. The van der Waals surface area contributed by atoms with Gasteiger partial charge in [0.15, 0.2) is 9.84 Å². The van der Waals surface area contributed by atoms with Crippen molar-refractivity contribution in [3.8, 4) is 0 Å². The van der Waals surface area contributed by atoms with Gasteiger partial charge in [-0.05, 0) is 28.4 Å². The molecule has 1 amide bonds. The van der Waals surface area contributed by atoms with Crippen LogP contribution in [0.1, 0.15) is 13.3 Å². The van der Waals surface area contributed by atoms with E-state index in [1.807, 2.05) is 0 Å². The molecule has 0 fully saturated rings. The first-order chi connectivity index (χ1) is 8.75. The molecule has 0 radical (unpaired) electrons. The molecule has 0 aromatic heterocycles. The largest absolute Gasteiger partial charge is 0.323 e. The fourth-order valence-electron chi connectivity index (χ4n) is 1.39. The van der Waals surface area contributed by atoms with E-state index in [0.29, 0.717) is 12.5 Å². The van der Waals surface area contributed by atoms with Crippen LogP contribution in [0.15, 0.2) is 16.6 Å². The number of sulfone groups is 1. The molecule has 0 aliphatic rings. The van der Waals surface area contributed by atoms with E-state index in [-0.39, 0.29) is 15.9 Å². The monoisotopic (exact) mass is 355 g/mol. The van der Waals surface area contributed by atoms with Gasteiger partial charge in [0.25, 0.3) is 0 Å². The van der Waals surface area contributed by atoms with Crippen LogP contribution >= 0.6 is 15.9 Å². The Balaban J connectivity index is 2.81. The van der Waals surface area contributed by atoms with E-state index >= 15 is 0 Å². The zero-order chi connectivity index (χ0) is 14.6. The average Bonchev–Trinajstić information content (AvgIpc) is 2.24. The Morgan fingerprint density at radius 3 is 2.53 bits per heavy atom. The standard InChI is InChI=1S/C11H12BrF2NO3S/c1-2-3-19(17,18)6-11(16)15-10-4-7(12)8(13)5-9(10)14/h4-5H,2-3,6H2,1H3,(H,15,16). The number of anilines is 1. The Morgan fingerprint density at radius 1 is 1.32 bits per heavy atom. The quantitative estimate of drug-likeness (QED) is 0.825. The second kappa shape index (κ2) is 6.42. The summed E-state index contributed by atoms with van der Waals surface area (Å²) < 4.78 is 49.1. The number of benzene rings is 1. The first-order valence-electron chi connectivity index (χ1n) is 5.40. The van der Waals surface area contributed by atoms with Crippen molar-refractivity contribution in [2.24, 2.45) is 0 Å². The fraction of sp³-hybridized carbons (Fsp3) is 0.364. The van der Waals surface area contributed by atoms with Crippen molar-refractivity contribution in [3.63, 3.8) is 0 Å². The van der Waals surface area contributed by atoms with E-state index in [1.165, 1.54) is 0 Å². The lowest BCUT2D eigenvalue weighted by molar-refractivity contribution is -0.113. The molecule has 0 saturated heterocycles. The summed E-state index contributed by atoms with van der Waals surface area (Å²) in [5.74, 6) is -3.48. The van der Waals surface area contributed by atoms with E-state index in [9.17, 15) is 22.0 Å². The van der Waals surface area contributed by atoms with Crippen LogP contribution in [0.4, 0.5) is 14.5 Å².